The zero-order chi connectivity index (χ0) is 23.4. The number of halogens is 1. The molecule has 0 amide bonds. The van der Waals surface area contributed by atoms with Gasteiger partial charge in [0.2, 0.25) is 0 Å². The summed E-state index contributed by atoms with van der Waals surface area (Å²) in [7, 11) is 0. The number of hydrogen-bond donors (Lipinski definition) is 0. The largest absolute Gasteiger partial charge is 0.299 e. The summed E-state index contributed by atoms with van der Waals surface area (Å²) >= 11 is 3.73. The molecule has 0 radical (unpaired) electrons. The van der Waals surface area contributed by atoms with Crippen LogP contribution in [-0.2, 0) is 4.79 Å². The highest BCUT2D eigenvalue weighted by molar-refractivity contribution is 9.09. The van der Waals surface area contributed by atoms with Crippen molar-refractivity contribution in [2.45, 2.75) is 168 Å². The number of hydrogen-bond acceptors (Lipinski definition) is 1. The second kappa shape index (κ2) is 20.7. The highest BCUT2D eigenvalue weighted by Crippen LogP contribution is 2.32. The van der Waals surface area contributed by atoms with Crippen molar-refractivity contribution >= 4 is 21.7 Å². The lowest BCUT2D eigenvalue weighted by molar-refractivity contribution is -0.126. The van der Waals surface area contributed by atoms with Crippen LogP contribution in [0.4, 0.5) is 0 Å². The van der Waals surface area contributed by atoms with Gasteiger partial charge in [-0.3, -0.25) is 4.79 Å². The molecule has 3 unspecified atom stereocenters. The maximum atomic E-state index is 12.3. The second-order valence-electron chi connectivity index (χ2n) is 10.7. The van der Waals surface area contributed by atoms with Crippen molar-refractivity contribution in [1.29, 1.82) is 0 Å². The van der Waals surface area contributed by atoms with E-state index in [1.807, 2.05) is 6.92 Å². The van der Waals surface area contributed by atoms with Gasteiger partial charge in [-0.1, -0.05) is 146 Å². The van der Waals surface area contributed by atoms with Crippen molar-refractivity contribution in [3.63, 3.8) is 0 Å². The fraction of sp³-hybridized carbons (Fsp3) is 0.966. The minimum absolute atomic E-state index is 0.0712. The number of ketones is 1. The number of alkyl halides is 1. The van der Waals surface area contributed by atoms with E-state index in [-0.39, 0.29) is 5.41 Å². The molecule has 0 aromatic rings. The van der Waals surface area contributed by atoms with Crippen LogP contribution in [0.3, 0.4) is 0 Å². The summed E-state index contributed by atoms with van der Waals surface area (Å²) in [5.41, 5.74) is -0.0712. The van der Waals surface area contributed by atoms with Crippen molar-refractivity contribution < 1.29 is 4.79 Å². The molecule has 3 atom stereocenters. The molecule has 0 fully saturated rings. The summed E-state index contributed by atoms with van der Waals surface area (Å²) in [4.78, 5) is 13.0. The van der Waals surface area contributed by atoms with E-state index < -0.39 is 0 Å². The minimum atomic E-state index is -0.0712. The molecular formula is C29H57BrO. The molecule has 0 aliphatic rings. The maximum absolute atomic E-state index is 12.3. The molecular weight excluding hydrogens is 444 g/mol. The molecule has 0 aromatic carbocycles. The standard InChI is InChI=1S/C29H57BrO/c1-6-8-16-21-26(3)22-17-15-20-25-29(5,27(4)31)24-19-14-12-10-9-11-13-18-23-28(30)7-2/h26,28H,6-25H2,1-5H3. The zero-order valence-corrected chi connectivity index (χ0v) is 23.7. The number of unbranched alkanes of at least 4 members (excludes halogenated alkanes) is 11. The summed E-state index contributed by atoms with van der Waals surface area (Å²) in [6.45, 7) is 11.0. The van der Waals surface area contributed by atoms with Crippen LogP contribution >= 0.6 is 15.9 Å². The van der Waals surface area contributed by atoms with Crippen LogP contribution in [0.25, 0.3) is 0 Å². The first-order chi connectivity index (χ1) is 14.9. The van der Waals surface area contributed by atoms with Gasteiger partial charge in [0.05, 0.1) is 0 Å². The first kappa shape index (κ1) is 31.1. The minimum Gasteiger partial charge on any atom is -0.299 e. The number of Topliss-reactive ketones (excluding diaryl/α,β-unsaturated/α-hetero) is 1. The van der Waals surface area contributed by atoms with Crippen molar-refractivity contribution in [1.82, 2.24) is 0 Å². The Balaban J connectivity index is 3.76. The van der Waals surface area contributed by atoms with E-state index in [0.29, 0.717) is 5.78 Å². The summed E-state index contributed by atoms with van der Waals surface area (Å²) in [5, 5.41) is 0. The van der Waals surface area contributed by atoms with E-state index in [0.717, 1.165) is 23.6 Å². The topological polar surface area (TPSA) is 17.1 Å². The van der Waals surface area contributed by atoms with E-state index in [2.05, 4.69) is 43.6 Å². The molecule has 0 saturated carbocycles. The lowest BCUT2D eigenvalue weighted by atomic mass is 9.76. The van der Waals surface area contributed by atoms with Gasteiger partial charge in [0, 0.05) is 10.2 Å². The number of rotatable bonds is 23. The first-order valence-electron chi connectivity index (χ1n) is 14.0. The van der Waals surface area contributed by atoms with Crippen LogP contribution < -0.4 is 0 Å². The van der Waals surface area contributed by atoms with Gasteiger partial charge in [0.15, 0.2) is 0 Å². The molecule has 0 aliphatic carbocycles. The Labute approximate surface area is 205 Å². The molecule has 0 aliphatic heterocycles. The lowest BCUT2D eigenvalue weighted by Crippen LogP contribution is -2.25. The molecule has 0 aromatic heterocycles. The van der Waals surface area contributed by atoms with Crippen LogP contribution in [0.15, 0.2) is 0 Å². The van der Waals surface area contributed by atoms with Crippen molar-refractivity contribution in [2.24, 2.45) is 11.3 Å². The molecule has 1 nitrogen and oxygen atoms in total. The Morgan fingerprint density at radius 3 is 1.61 bits per heavy atom. The van der Waals surface area contributed by atoms with E-state index in [9.17, 15) is 4.79 Å². The Hall–Kier alpha value is 0.150. The second-order valence-corrected chi connectivity index (χ2v) is 12.0. The monoisotopic (exact) mass is 500 g/mol. The van der Waals surface area contributed by atoms with Crippen molar-refractivity contribution in [3.05, 3.63) is 0 Å². The normalized spacial score (nSPS) is 15.5. The van der Waals surface area contributed by atoms with Crippen LogP contribution in [0.2, 0.25) is 0 Å². The van der Waals surface area contributed by atoms with Crippen molar-refractivity contribution in [2.75, 3.05) is 0 Å². The Bertz CT molecular complexity index is 408. The quantitative estimate of drug-likeness (QED) is 0.100. The van der Waals surface area contributed by atoms with Gasteiger partial charge in [-0.15, -0.1) is 0 Å². The summed E-state index contributed by atoms with van der Waals surface area (Å²) in [5.74, 6) is 1.29. The zero-order valence-electron chi connectivity index (χ0n) is 22.1. The summed E-state index contributed by atoms with van der Waals surface area (Å²) in [6, 6.07) is 0. The van der Waals surface area contributed by atoms with Crippen LogP contribution in [0.1, 0.15) is 163 Å². The predicted octanol–water partition coefficient (Wildman–Crippen LogP) is 10.8. The van der Waals surface area contributed by atoms with Gasteiger partial charge in [-0.25, -0.2) is 0 Å². The predicted molar refractivity (Wildman–Crippen MR) is 144 cm³/mol. The van der Waals surface area contributed by atoms with E-state index in [1.165, 1.54) is 116 Å². The molecule has 0 heterocycles. The summed E-state index contributed by atoms with van der Waals surface area (Å²) in [6.07, 6.45) is 26.3. The van der Waals surface area contributed by atoms with Gasteiger partial charge < -0.3 is 0 Å². The average molecular weight is 502 g/mol. The molecule has 0 spiro atoms. The molecule has 2 heteroatoms. The molecule has 31 heavy (non-hydrogen) atoms. The highest BCUT2D eigenvalue weighted by atomic mass is 79.9. The van der Waals surface area contributed by atoms with E-state index in [4.69, 9.17) is 0 Å². The fourth-order valence-electron chi connectivity index (χ4n) is 4.69. The van der Waals surface area contributed by atoms with Gasteiger partial charge in [-0.2, -0.15) is 0 Å². The van der Waals surface area contributed by atoms with Crippen LogP contribution in [-0.4, -0.2) is 10.6 Å². The van der Waals surface area contributed by atoms with Crippen molar-refractivity contribution in [3.8, 4) is 0 Å². The van der Waals surface area contributed by atoms with E-state index >= 15 is 0 Å². The van der Waals surface area contributed by atoms with Gasteiger partial charge in [0.25, 0.3) is 0 Å². The third kappa shape index (κ3) is 18.3. The molecule has 0 N–H and O–H groups in total. The average Bonchev–Trinajstić information content (AvgIpc) is 2.74. The highest BCUT2D eigenvalue weighted by Gasteiger charge is 2.28. The van der Waals surface area contributed by atoms with E-state index in [1.54, 1.807) is 0 Å². The van der Waals surface area contributed by atoms with Crippen LogP contribution in [0.5, 0.6) is 0 Å². The number of carbonyl (C=O) groups is 1. The third-order valence-corrected chi connectivity index (χ3v) is 8.62. The molecule has 0 saturated heterocycles. The molecule has 0 bridgehead atoms. The Morgan fingerprint density at radius 1 is 0.710 bits per heavy atom. The fourth-order valence-corrected chi connectivity index (χ4v) is 5.02. The molecule has 0 rings (SSSR count). The Morgan fingerprint density at radius 2 is 1.13 bits per heavy atom. The smallest absolute Gasteiger partial charge is 0.135 e. The van der Waals surface area contributed by atoms with Gasteiger partial charge in [-0.05, 0) is 38.5 Å². The number of carbonyl (C=O) groups excluding carboxylic acids is 1. The Kier molecular flexibility index (Phi) is 20.8. The first-order valence-corrected chi connectivity index (χ1v) is 14.9. The molecule has 186 valence electrons. The lowest BCUT2D eigenvalue weighted by Gasteiger charge is -2.27. The van der Waals surface area contributed by atoms with Crippen LogP contribution in [0, 0.1) is 11.3 Å². The van der Waals surface area contributed by atoms with Gasteiger partial charge >= 0.3 is 0 Å². The SMILES string of the molecule is CCCCCC(C)CCCCCC(C)(CCCCCCCCCCC(Br)CC)C(C)=O. The van der Waals surface area contributed by atoms with Gasteiger partial charge in [0.1, 0.15) is 5.78 Å². The summed E-state index contributed by atoms with van der Waals surface area (Å²) < 4.78 is 0. The maximum Gasteiger partial charge on any atom is 0.135 e. The third-order valence-electron chi connectivity index (χ3n) is 7.51.